The number of rotatable bonds is 4. The van der Waals surface area contributed by atoms with Crippen molar-refractivity contribution in [3.63, 3.8) is 0 Å². The number of hydrogen-bond donors (Lipinski definition) is 2. The third kappa shape index (κ3) is 2.34. The van der Waals surface area contributed by atoms with Gasteiger partial charge in [-0.05, 0) is 31.5 Å². The van der Waals surface area contributed by atoms with Gasteiger partial charge in [0.15, 0.2) is 0 Å². The minimum atomic E-state index is 0.290. The molecular formula is C16H20N4. The Bertz CT molecular complexity index is 723. The van der Waals surface area contributed by atoms with Crippen LogP contribution in [-0.4, -0.2) is 14.8 Å². The molecule has 1 unspecified atom stereocenters. The van der Waals surface area contributed by atoms with Gasteiger partial charge >= 0.3 is 0 Å². The molecule has 2 heterocycles. The summed E-state index contributed by atoms with van der Waals surface area (Å²) >= 11 is 0. The van der Waals surface area contributed by atoms with Gasteiger partial charge in [-0.1, -0.05) is 12.1 Å². The maximum Gasteiger partial charge on any atom is 0.0641 e. The normalized spacial score (nSPS) is 12.9. The molecule has 1 atom stereocenters. The van der Waals surface area contributed by atoms with E-state index in [0.29, 0.717) is 0 Å². The molecule has 3 rings (SSSR count). The molecule has 0 radical (unpaired) electrons. The largest absolute Gasteiger partial charge is 0.361 e. The predicted molar refractivity (Wildman–Crippen MR) is 81.5 cm³/mol. The van der Waals surface area contributed by atoms with Crippen molar-refractivity contribution in [2.75, 3.05) is 0 Å². The molecule has 0 saturated heterocycles. The molecule has 104 valence electrons. The lowest BCUT2D eigenvalue weighted by Gasteiger charge is -2.13. The van der Waals surface area contributed by atoms with Gasteiger partial charge < -0.3 is 10.3 Å². The van der Waals surface area contributed by atoms with Crippen LogP contribution in [0.15, 0.2) is 36.7 Å². The van der Waals surface area contributed by atoms with Gasteiger partial charge in [0.05, 0.1) is 5.69 Å². The molecule has 1 aromatic carbocycles. The lowest BCUT2D eigenvalue weighted by atomic mass is 10.1. The Morgan fingerprint density at radius 2 is 2.20 bits per heavy atom. The maximum atomic E-state index is 4.40. The first-order chi connectivity index (χ1) is 9.65. The standard InChI is InChI=1S/C16H20N4/c1-11(15-10-20(3)19-12(15)2)18-9-13-5-4-6-16-14(13)7-8-17-16/h4-8,10-11,17-18H,9H2,1-3H3. The van der Waals surface area contributed by atoms with Crippen LogP contribution in [0.2, 0.25) is 0 Å². The van der Waals surface area contributed by atoms with Crippen LogP contribution < -0.4 is 5.32 Å². The zero-order valence-electron chi connectivity index (χ0n) is 12.1. The Morgan fingerprint density at radius 1 is 1.35 bits per heavy atom. The van der Waals surface area contributed by atoms with E-state index in [4.69, 9.17) is 0 Å². The molecule has 0 fully saturated rings. The Labute approximate surface area is 118 Å². The quantitative estimate of drug-likeness (QED) is 0.764. The lowest BCUT2D eigenvalue weighted by molar-refractivity contribution is 0.573. The van der Waals surface area contributed by atoms with Crippen LogP contribution in [0, 0.1) is 6.92 Å². The van der Waals surface area contributed by atoms with E-state index in [1.807, 2.05) is 17.9 Å². The molecule has 0 aliphatic carbocycles. The number of benzene rings is 1. The Balaban J connectivity index is 1.76. The summed E-state index contributed by atoms with van der Waals surface area (Å²) in [5.41, 5.74) is 4.85. The predicted octanol–water partition coefficient (Wildman–Crippen LogP) is 3.06. The summed E-state index contributed by atoms with van der Waals surface area (Å²) in [5, 5.41) is 9.27. The minimum absolute atomic E-state index is 0.290. The molecule has 0 amide bonds. The summed E-state index contributed by atoms with van der Waals surface area (Å²) in [6.45, 7) is 5.09. The SMILES string of the molecule is Cc1nn(C)cc1C(C)NCc1cccc2[nH]ccc12. The minimum Gasteiger partial charge on any atom is -0.361 e. The van der Waals surface area contributed by atoms with E-state index in [9.17, 15) is 0 Å². The molecular weight excluding hydrogens is 248 g/mol. The van der Waals surface area contributed by atoms with Gasteiger partial charge in [-0.15, -0.1) is 0 Å². The second kappa shape index (κ2) is 5.13. The van der Waals surface area contributed by atoms with Gasteiger partial charge in [0, 0.05) is 48.5 Å². The molecule has 0 aliphatic rings. The fraction of sp³-hybridized carbons (Fsp3) is 0.312. The molecule has 2 aromatic heterocycles. The third-order valence-corrected chi connectivity index (χ3v) is 3.80. The first kappa shape index (κ1) is 12.9. The van der Waals surface area contributed by atoms with Gasteiger partial charge in [0.1, 0.15) is 0 Å². The van der Waals surface area contributed by atoms with Crippen molar-refractivity contribution in [3.05, 3.63) is 53.5 Å². The number of aryl methyl sites for hydroxylation is 2. The van der Waals surface area contributed by atoms with Gasteiger partial charge in [-0.25, -0.2) is 0 Å². The van der Waals surface area contributed by atoms with Gasteiger partial charge in [0.25, 0.3) is 0 Å². The molecule has 4 nitrogen and oxygen atoms in total. The molecule has 4 heteroatoms. The van der Waals surface area contributed by atoms with Crippen LogP contribution in [0.5, 0.6) is 0 Å². The highest BCUT2D eigenvalue weighted by Crippen LogP contribution is 2.20. The van der Waals surface area contributed by atoms with Crippen LogP contribution in [0.4, 0.5) is 0 Å². The molecule has 0 spiro atoms. The van der Waals surface area contributed by atoms with E-state index in [1.165, 1.54) is 22.0 Å². The summed E-state index contributed by atoms with van der Waals surface area (Å²) in [5.74, 6) is 0. The average Bonchev–Trinajstić information content (AvgIpc) is 3.02. The van der Waals surface area contributed by atoms with Crippen LogP contribution in [-0.2, 0) is 13.6 Å². The Morgan fingerprint density at radius 3 is 2.95 bits per heavy atom. The Hall–Kier alpha value is -2.07. The van der Waals surface area contributed by atoms with Gasteiger partial charge in [-0.2, -0.15) is 5.10 Å². The highest BCUT2D eigenvalue weighted by Gasteiger charge is 2.11. The van der Waals surface area contributed by atoms with Crippen LogP contribution in [0.1, 0.15) is 29.8 Å². The van der Waals surface area contributed by atoms with Gasteiger partial charge in [0.2, 0.25) is 0 Å². The number of fused-ring (bicyclic) bond motifs is 1. The second-order valence-electron chi connectivity index (χ2n) is 5.30. The van der Waals surface area contributed by atoms with Crippen LogP contribution in [0.25, 0.3) is 10.9 Å². The van der Waals surface area contributed by atoms with Crippen molar-refractivity contribution in [1.82, 2.24) is 20.1 Å². The molecule has 2 N–H and O–H groups in total. The Kier molecular flexibility index (Phi) is 3.32. The third-order valence-electron chi connectivity index (χ3n) is 3.80. The zero-order valence-corrected chi connectivity index (χ0v) is 12.1. The second-order valence-corrected chi connectivity index (χ2v) is 5.30. The van der Waals surface area contributed by atoms with Crippen molar-refractivity contribution in [2.24, 2.45) is 7.05 Å². The summed E-state index contributed by atoms with van der Waals surface area (Å²) in [6.07, 6.45) is 4.08. The zero-order chi connectivity index (χ0) is 14.1. The number of nitrogens with one attached hydrogen (secondary N) is 2. The van der Waals surface area contributed by atoms with Crippen molar-refractivity contribution in [1.29, 1.82) is 0 Å². The van der Waals surface area contributed by atoms with E-state index in [1.54, 1.807) is 0 Å². The van der Waals surface area contributed by atoms with Crippen molar-refractivity contribution < 1.29 is 0 Å². The average molecular weight is 268 g/mol. The van der Waals surface area contributed by atoms with E-state index < -0.39 is 0 Å². The number of aromatic nitrogens is 3. The number of aromatic amines is 1. The fourth-order valence-electron chi connectivity index (χ4n) is 2.72. The molecule has 0 saturated carbocycles. The first-order valence-corrected chi connectivity index (χ1v) is 6.93. The summed E-state index contributed by atoms with van der Waals surface area (Å²) < 4.78 is 1.87. The summed E-state index contributed by atoms with van der Waals surface area (Å²) in [4.78, 5) is 3.25. The van der Waals surface area contributed by atoms with Crippen LogP contribution >= 0.6 is 0 Å². The topological polar surface area (TPSA) is 45.6 Å². The van der Waals surface area contributed by atoms with E-state index in [0.717, 1.165) is 12.2 Å². The van der Waals surface area contributed by atoms with Crippen molar-refractivity contribution >= 4 is 10.9 Å². The number of H-pyrrole nitrogens is 1. The molecule has 0 aliphatic heterocycles. The lowest BCUT2D eigenvalue weighted by Crippen LogP contribution is -2.18. The highest BCUT2D eigenvalue weighted by molar-refractivity contribution is 5.82. The first-order valence-electron chi connectivity index (χ1n) is 6.93. The molecule has 20 heavy (non-hydrogen) atoms. The van der Waals surface area contributed by atoms with E-state index in [-0.39, 0.29) is 6.04 Å². The number of hydrogen-bond acceptors (Lipinski definition) is 2. The summed E-state index contributed by atoms with van der Waals surface area (Å²) in [7, 11) is 1.96. The number of nitrogens with zero attached hydrogens (tertiary/aromatic N) is 2. The molecule has 0 bridgehead atoms. The van der Waals surface area contributed by atoms with E-state index >= 15 is 0 Å². The van der Waals surface area contributed by atoms with Crippen molar-refractivity contribution in [3.8, 4) is 0 Å². The van der Waals surface area contributed by atoms with Crippen molar-refractivity contribution in [2.45, 2.75) is 26.4 Å². The highest BCUT2D eigenvalue weighted by atomic mass is 15.3. The van der Waals surface area contributed by atoms with Crippen LogP contribution in [0.3, 0.4) is 0 Å². The fourth-order valence-corrected chi connectivity index (χ4v) is 2.72. The maximum absolute atomic E-state index is 4.40. The van der Waals surface area contributed by atoms with E-state index in [2.05, 4.69) is 59.7 Å². The summed E-state index contributed by atoms with van der Waals surface area (Å²) in [6, 6.07) is 8.79. The van der Waals surface area contributed by atoms with Gasteiger partial charge in [-0.3, -0.25) is 4.68 Å². The molecule has 3 aromatic rings. The smallest absolute Gasteiger partial charge is 0.0641 e. The monoisotopic (exact) mass is 268 g/mol.